The van der Waals surface area contributed by atoms with E-state index in [0.717, 1.165) is 32.1 Å². The Morgan fingerprint density at radius 3 is 2.44 bits per heavy atom. The molecule has 3 nitrogen and oxygen atoms in total. The third kappa shape index (κ3) is 2.91. The van der Waals surface area contributed by atoms with Crippen molar-refractivity contribution < 1.29 is 9.53 Å². The molecule has 0 bridgehead atoms. The maximum Gasteiger partial charge on any atom is 0.317 e. The van der Waals surface area contributed by atoms with Crippen molar-refractivity contribution in [2.45, 2.75) is 38.5 Å². The highest BCUT2D eigenvalue weighted by Gasteiger charge is 2.40. The lowest BCUT2D eigenvalue weighted by Crippen LogP contribution is -2.38. The van der Waals surface area contributed by atoms with Crippen LogP contribution in [0, 0.1) is 5.41 Å². The van der Waals surface area contributed by atoms with Crippen LogP contribution < -0.4 is 10.5 Å². The molecule has 1 aromatic rings. The highest BCUT2D eigenvalue weighted by atomic mass is 16.5. The molecule has 2 N–H and O–H groups in total. The van der Waals surface area contributed by atoms with Crippen molar-refractivity contribution >= 4 is 5.97 Å². The van der Waals surface area contributed by atoms with Gasteiger partial charge >= 0.3 is 5.97 Å². The van der Waals surface area contributed by atoms with E-state index in [1.807, 2.05) is 30.3 Å². The summed E-state index contributed by atoms with van der Waals surface area (Å²) in [6, 6.07) is 9.29. The first-order chi connectivity index (χ1) is 8.77. The molecule has 0 heterocycles. The normalized spacial score (nSPS) is 18.3. The number of benzene rings is 1. The first-order valence-electron chi connectivity index (χ1n) is 6.74. The minimum absolute atomic E-state index is 0.0983. The van der Waals surface area contributed by atoms with Crippen LogP contribution >= 0.6 is 0 Å². The highest BCUT2D eigenvalue weighted by Crippen LogP contribution is 2.40. The highest BCUT2D eigenvalue weighted by molar-refractivity contribution is 5.79. The first kappa shape index (κ1) is 13.1. The van der Waals surface area contributed by atoms with Crippen LogP contribution in [0.1, 0.15) is 38.5 Å². The SMILES string of the molecule is NCCC1(C(=O)Oc2ccccc2)CCCCC1. The van der Waals surface area contributed by atoms with E-state index in [1.54, 1.807) is 0 Å². The summed E-state index contributed by atoms with van der Waals surface area (Å²) < 4.78 is 5.52. The van der Waals surface area contributed by atoms with Gasteiger partial charge in [0, 0.05) is 0 Å². The molecule has 0 saturated heterocycles. The second kappa shape index (κ2) is 6.01. The Kier molecular flexibility index (Phi) is 4.37. The molecule has 1 saturated carbocycles. The summed E-state index contributed by atoms with van der Waals surface area (Å²) in [6.07, 6.45) is 5.98. The molecule has 98 valence electrons. The van der Waals surface area contributed by atoms with E-state index in [9.17, 15) is 4.79 Å². The van der Waals surface area contributed by atoms with Crippen molar-refractivity contribution in [1.29, 1.82) is 0 Å². The Labute approximate surface area is 108 Å². The van der Waals surface area contributed by atoms with Crippen molar-refractivity contribution in [3.05, 3.63) is 30.3 Å². The molecule has 2 rings (SSSR count). The lowest BCUT2D eigenvalue weighted by Gasteiger charge is -2.34. The second-order valence-corrected chi connectivity index (χ2v) is 5.08. The van der Waals surface area contributed by atoms with Gasteiger partial charge in [0.1, 0.15) is 5.75 Å². The summed E-state index contributed by atoms with van der Waals surface area (Å²) in [5, 5.41) is 0. The van der Waals surface area contributed by atoms with E-state index in [2.05, 4.69) is 0 Å². The van der Waals surface area contributed by atoms with E-state index in [0.29, 0.717) is 12.3 Å². The van der Waals surface area contributed by atoms with Gasteiger partial charge in [-0.05, 0) is 37.9 Å². The molecule has 0 radical (unpaired) electrons. The van der Waals surface area contributed by atoms with Crippen LogP contribution in [0.2, 0.25) is 0 Å². The average Bonchev–Trinajstić information content (AvgIpc) is 2.41. The number of rotatable bonds is 4. The van der Waals surface area contributed by atoms with Crippen LogP contribution in [0.4, 0.5) is 0 Å². The molecule has 1 aliphatic carbocycles. The van der Waals surface area contributed by atoms with Gasteiger partial charge in [0.25, 0.3) is 0 Å². The maximum atomic E-state index is 12.4. The molecule has 1 fully saturated rings. The zero-order chi connectivity index (χ0) is 12.8. The van der Waals surface area contributed by atoms with Crippen molar-refractivity contribution in [3.8, 4) is 5.75 Å². The van der Waals surface area contributed by atoms with Gasteiger partial charge < -0.3 is 10.5 Å². The van der Waals surface area contributed by atoms with Gasteiger partial charge in [-0.15, -0.1) is 0 Å². The Morgan fingerprint density at radius 1 is 1.17 bits per heavy atom. The zero-order valence-corrected chi connectivity index (χ0v) is 10.7. The summed E-state index contributed by atoms with van der Waals surface area (Å²) >= 11 is 0. The van der Waals surface area contributed by atoms with E-state index in [-0.39, 0.29) is 11.4 Å². The Morgan fingerprint density at radius 2 is 1.83 bits per heavy atom. The number of hydrogen-bond acceptors (Lipinski definition) is 3. The van der Waals surface area contributed by atoms with Gasteiger partial charge in [-0.25, -0.2) is 0 Å². The van der Waals surface area contributed by atoms with Gasteiger partial charge in [0.15, 0.2) is 0 Å². The molecule has 1 aromatic carbocycles. The fourth-order valence-electron chi connectivity index (χ4n) is 2.76. The molecule has 0 atom stereocenters. The smallest absolute Gasteiger partial charge is 0.317 e. The van der Waals surface area contributed by atoms with Crippen LogP contribution in [0.3, 0.4) is 0 Å². The van der Waals surface area contributed by atoms with Gasteiger partial charge in [0.2, 0.25) is 0 Å². The molecular formula is C15H21NO2. The van der Waals surface area contributed by atoms with Crippen molar-refractivity contribution in [1.82, 2.24) is 0 Å². The molecule has 3 heteroatoms. The van der Waals surface area contributed by atoms with Crippen LogP contribution in [0.5, 0.6) is 5.75 Å². The number of esters is 1. The van der Waals surface area contributed by atoms with Crippen LogP contribution in [-0.4, -0.2) is 12.5 Å². The number of ether oxygens (including phenoxy) is 1. The van der Waals surface area contributed by atoms with E-state index in [1.165, 1.54) is 6.42 Å². The predicted octanol–water partition coefficient (Wildman–Crippen LogP) is 2.89. The number of nitrogens with two attached hydrogens (primary N) is 1. The predicted molar refractivity (Wildman–Crippen MR) is 71.3 cm³/mol. The molecule has 0 aromatic heterocycles. The molecule has 0 amide bonds. The zero-order valence-electron chi connectivity index (χ0n) is 10.7. The third-order valence-electron chi connectivity index (χ3n) is 3.82. The van der Waals surface area contributed by atoms with Crippen molar-refractivity contribution in [3.63, 3.8) is 0 Å². The lowest BCUT2D eigenvalue weighted by atomic mass is 9.72. The molecule has 1 aliphatic rings. The van der Waals surface area contributed by atoms with Gasteiger partial charge in [-0.2, -0.15) is 0 Å². The average molecular weight is 247 g/mol. The van der Waals surface area contributed by atoms with Crippen molar-refractivity contribution in [2.75, 3.05) is 6.54 Å². The maximum absolute atomic E-state index is 12.4. The molecule has 0 aliphatic heterocycles. The van der Waals surface area contributed by atoms with E-state index >= 15 is 0 Å². The summed E-state index contributed by atoms with van der Waals surface area (Å²) in [7, 11) is 0. The van der Waals surface area contributed by atoms with Crippen LogP contribution in [0.15, 0.2) is 30.3 Å². The molecular weight excluding hydrogens is 226 g/mol. The van der Waals surface area contributed by atoms with Crippen LogP contribution in [0.25, 0.3) is 0 Å². The minimum Gasteiger partial charge on any atom is -0.426 e. The van der Waals surface area contributed by atoms with E-state index < -0.39 is 0 Å². The largest absolute Gasteiger partial charge is 0.426 e. The number of hydrogen-bond donors (Lipinski definition) is 1. The van der Waals surface area contributed by atoms with Gasteiger partial charge in [-0.1, -0.05) is 37.5 Å². The quantitative estimate of drug-likeness (QED) is 0.657. The van der Waals surface area contributed by atoms with Gasteiger partial charge in [0.05, 0.1) is 5.41 Å². The van der Waals surface area contributed by atoms with Crippen LogP contribution in [-0.2, 0) is 4.79 Å². The summed E-state index contributed by atoms with van der Waals surface area (Å²) in [6.45, 7) is 0.546. The topological polar surface area (TPSA) is 52.3 Å². The minimum atomic E-state index is -0.344. The monoisotopic (exact) mass is 247 g/mol. The first-order valence-corrected chi connectivity index (χ1v) is 6.74. The second-order valence-electron chi connectivity index (χ2n) is 5.08. The summed E-state index contributed by atoms with van der Waals surface area (Å²) in [5.74, 6) is 0.531. The summed E-state index contributed by atoms with van der Waals surface area (Å²) in [5.41, 5.74) is 5.32. The Hall–Kier alpha value is -1.35. The fraction of sp³-hybridized carbons (Fsp3) is 0.533. The lowest BCUT2D eigenvalue weighted by molar-refractivity contribution is -0.148. The Balaban J connectivity index is 2.08. The fourth-order valence-corrected chi connectivity index (χ4v) is 2.76. The van der Waals surface area contributed by atoms with Gasteiger partial charge in [-0.3, -0.25) is 4.79 Å². The summed E-state index contributed by atoms with van der Waals surface area (Å²) in [4.78, 5) is 12.4. The molecule has 18 heavy (non-hydrogen) atoms. The molecule has 0 spiro atoms. The number of carbonyl (C=O) groups excluding carboxylic acids is 1. The standard InChI is InChI=1S/C15H21NO2/c16-12-11-15(9-5-2-6-10-15)14(17)18-13-7-3-1-4-8-13/h1,3-4,7-8H,2,5-6,9-12,16H2. The van der Waals surface area contributed by atoms with E-state index in [4.69, 9.17) is 10.5 Å². The number of carbonyl (C=O) groups is 1. The number of para-hydroxylation sites is 1. The van der Waals surface area contributed by atoms with Crippen molar-refractivity contribution in [2.24, 2.45) is 11.1 Å². The third-order valence-corrected chi connectivity index (χ3v) is 3.82. The molecule has 0 unspecified atom stereocenters. The Bertz CT molecular complexity index is 377.